The molecule has 0 bridgehead atoms. The first-order valence-corrected chi connectivity index (χ1v) is 8.98. The van der Waals surface area contributed by atoms with Crippen LogP contribution in [0, 0.1) is 13.8 Å². The number of aryl methyl sites for hydroxylation is 2. The van der Waals surface area contributed by atoms with Crippen LogP contribution in [-0.2, 0) is 5.72 Å². The molecule has 2 aromatic carbocycles. The van der Waals surface area contributed by atoms with E-state index in [1.165, 1.54) is 22.0 Å². The van der Waals surface area contributed by atoms with Gasteiger partial charge in [-0.1, -0.05) is 48.0 Å². The van der Waals surface area contributed by atoms with E-state index < -0.39 is 5.72 Å². The molecule has 1 atom stereocenters. The molecule has 0 saturated carbocycles. The predicted molar refractivity (Wildman–Crippen MR) is 96.2 cm³/mol. The van der Waals surface area contributed by atoms with E-state index in [1.807, 2.05) is 11.8 Å². The molecule has 2 aromatic rings. The summed E-state index contributed by atoms with van der Waals surface area (Å²) in [4.78, 5) is 2.27. The van der Waals surface area contributed by atoms with E-state index >= 15 is 0 Å². The summed E-state index contributed by atoms with van der Waals surface area (Å²) < 4.78 is 2.16. The Kier molecular flexibility index (Phi) is 3.47. The number of hydrogen-bond acceptors (Lipinski definition) is 3. The van der Waals surface area contributed by atoms with Crippen LogP contribution in [0.25, 0.3) is 0 Å². The van der Waals surface area contributed by atoms with Crippen molar-refractivity contribution in [3.63, 3.8) is 0 Å². The summed E-state index contributed by atoms with van der Waals surface area (Å²) in [5.74, 6) is 1.02. The third-order valence-electron chi connectivity index (χ3n) is 4.75. The molecule has 0 spiro atoms. The zero-order valence-corrected chi connectivity index (χ0v) is 14.3. The molecule has 0 fully saturated rings. The fourth-order valence-electron chi connectivity index (χ4n) is 3.46. The lowest BCUT2D eigenvalue weighted by atomic mass is 10.0. The Morgan fingerprint density at radius 2 is 1.83 bits per heavy atom. The van der Waals surface area contributed by atoms with Gasteiger partial charge in [0.15, 0.2) is 6.54 Å². The first kappa shape index (κ1) is 14.8. The van der Waals surface area contributed by atoms with Gasteiger partial charge in [-0.25, -0.2) is 9.48 Å². The number of anilines is 1. The average Bonchev–Trinajstić information content (AvgIpc) is 3.13. The van der Waals surface area contributed by atoms with E-state index in [2.05, 4.69) is 71.9 Å². The van der Waals surface area contributed by atoms with Crippen LogP contribution in [0.5, 0.6) is 0 Å². The van der Waals surface area contributed by atoms with E-state index in [9.17, 15) is 5.11 Å². The third kappa shape index (κ3) is 2.28. The summed E-state index contributed by atoms with van der Waals surface area (Å²) >= 11 is 1.83. The smallest absolute Gasteiger partial charge is 0.316 e. The summed E-state index contributed by atoms with van der Waals surface area (Å²) in [6, 6.07) is 16.7. The van der Waals surface area contributed by atoms with Crippen LogP contribution in [0.15, 0.2) is 48.5 Å². The second-order valence-electron chi connectivity index (χ2n) is 6.34. The van der Waals surface area contributed by atoms with Gasteiger partial charge in [-0.15, -0.1) is 0 Å². The molecule has 2 aliphatic rings. The van der Waals surface area contributed by atoms with Crippen LogP contribution in [0.3, 0.4) is 0 Å². The Morgan fingerprint density at radius 3 is 2.57 bits per heavy atom. The van der Waals surface area contributed by atoms with Crippen LogP contribution in [0.2, 0.25) is 0 Å². The molecule has 0 saturated heterocycles. The molecular formula is C19H21N2OS+. The lowest BCUT2D eigenvalue weighted by molar-refractivity contribution is -0.650. The molecular weight excluding hydrogens is 304 g/mol. The predicted octanol–water partition coefficient (Wildman–Crippen LogP) is 3.08. The molecule has 0 aliphatic carbocycles. The second kappa shape index (κ2) is 5.39. The van der Waals surface area contributed by atoms with Crippen molar-refractivity contribution in [2.45, 2.75) is 19.6 Å². The first-order valence-electron chi connectivity index (χ1n) is 8.00. The zero-order valence-electron chi connectivity index (χ0n) is 13.5. The zero-order chi connectivity index (χ0) is 16.0. The van der Waals surface area contributed by atoms with E-state index in [1.54, 1.807) is 0 Å². The average molecular weight is 325 g/mol. The van der Waals surface area contributed by atoms with Gasteiger partial charge in [0.05, 0.1) is 6.54 Å². The fourth-order valence-corrected chi connectivity index (χ4v) is 4.64. The van der Waals surface area contributed by atoms with Gasteiger partial charge in [0.1, 0.15) is 5.69 Å². The Hall–Kier alpha value is -1.78. The molecule has 0 aromatic heterocycles. The van der Waals surface area contributed by atoms with Crippen LogP contribution in [0.4, 0.5) is 5.69 Å². The Bertz CT molecular complexity index is 784. The van der Waals surface area contributed by atoms with E-state index in [0.717, 1.165) is 17.9 Å². The monoisotopic (exact) mass is 325 g/mol. The SMILES string of the molecule is Cc1ccc([C@]2(O)CN(c3ccccc3C)C3=[N+]2CCS3)cc1. The minimum atomic E-state index is -0.950. The molecule has 1 N–H and O–H groups in total. The highest BCUT2D eigenvalue weighted by molar-refractivity contribution is 8.14. The summed E-state index contributed by atoms with van der Waals surface area (Å²) in [6.07, 6.45) is 0. The lowest BCUT2D eigenvalue weighted by Gasteiger charge is -2.23. The maximum Gasteiger partial charge on any atom is 0.316 e. The number of hydrogen-bond donors (Lipinski definition) is 1. The van der Waals surface area contributed by atoms with Crippen molar-refractivity contribution in [3.05, 3.63) is 65.2 Å². The maximum absolute atomic E-state index is 11.5. The van der Waals surface area contributed by atoms with Crippen molar-refractivity contribution < 1.29 is 9.68 Å². The van der Waals surface area contributed by atoms with E-state index in [4.69, 9.17) is 0 Å². The van der Waals surface area contributed by atoms with Gasteiger partial charge in [0, 0.05) is 11.3 Å². The van der Waals surface area contributed by atoms with Crippen molar-refractivity contribution in [1.29, 1.82) is 0 Å². The van der Waals surface area contributed by atoms with Gasteiger partial charge in [-0.3, -0.25) is 0 Å². The standard InChI is InChI=1S/C19H21N2OS/c1-14-7-9-16(10-8-14)19(22)13-20(18-21(19)11-12-23-18)17-6-4-3-5-15(17)2/h3-10,22H,11-13H2,1-2H3/q+1/t19-/m1/s1. The number of rotatable bonds is 2. The number of benzene rings is 2. The molecule has 3 nitrogen and oxygen atoms in total. The molecule has 23 heavy (non-hydrogen) atoms. The minimum absolute atomic E-state index is 0.573. The van der Waals surface area contributed by atoms with Gasteiger partial charge >= 0.3 is 5.17 Å². The number of para-hydroxylation sites is 1. The first-order chi connectivity index (χ1) is 11.1. The highest BCUT2D eigenvalue weighted by Crippen LogP contribution is 2.38. The van der Waals surface area contributed by atoms with Gasteiger partial charge in [0.25, 0.3) is 5.72 Å². The highest BCUT2D eigenvalue weighted by atomic mass is 32.2. The van der Waals surface area contributed by atoms with Crippen molar-refractivity contribution in [2.24, 2.45) is 0 Å². The second-order valence-corrected chi connectivity index (χ2v) is 7.40. The van der Waals surface area contributed by atoms with Crippen molar-refractivity contribution in [2.75, 3.05) is 23.7 Å². The van der Waals surface area contributed by atoms with Crippen molar-refractivity contribution in [1.82, 2.24) is 0 Å². The summed E-state index contributed by atoms with van der Waals surface area (Å²) in [6.45, 7) is 5.66. The van der Waals surface area contributed by atoms with Gasteiger partial charge < -0.3 is 5.11 Å². The Balaban J connectivity index is 1.80. The molecule has 2 aliphatic heterocycles. The van der Waals surface area contributed by atoms with Crippen LogP contribution in [-0.4, -0.2) is 33.7 Å². The van der Waals surface area contributed by atoms with Crippen LogP contribution < -0.4 is 4.90 Å². The summed E-state index contributed by atoms with van der Waals surface area (Å²) in [5.41, 5.74) is 3.66. The largest absolute Gasteiger partial charge is 0.346 e. The quantitative estimate of drug-likeness (QED) is 0.860. The minimum Gasteiger partial charge on any atom is -0.346 e. The lowest BCUT2D eigenvalue weighted by Crippen LogP contribution is -2.41. The molecule has 4 rings (SSSR count). The Labute approximate surface area is 141 Å². The topological polar surface area (TPSA) is 26.5 Å². The van der Waals surface area contributed by atoms with Gasteiger partial charge in [0.2, 0.25) is 0 Å². The normalized spacial score (nSPS) is 23.5. The molecule has 2 heterocycles. The summed E-state index contributed by atoms with van der Waals surface area (Å²) in [7, 11) is 0. The summed E-state index contributed by atoms with van der Waals surface area (Å²) in [5, 5.41) is 12.7. The number of nitrogens with zero attached hydrogens (tertiary/aromatic N) is 2. The fraction of sp³-hybridized carbons (Fsp3) is 0.316. The van der Waals surface area contributed by atoms with Gasteiger partial charge in [-0.2, -0.15) is 0 Å². The molecule has 0 unspecified atom stereocenters. The highest BCUT2D eigenvalue weighted by Gasteiger charge is 2.54. The molecule has 0 radical (unpaired) electrons. The van der Waals surface area contributed by atoms with Crippen LogP contribution >= 0.6 is 11.8 Å². The molecule has 0 amide bonds. The third-order valence-corrected chi connectivity index (χ3v) is 5.84. The number of β-amino-alcohol motifs (C(OH)–C–C–N with tert-alkyl or cyclic N) is 1. The van der Waals surface area contributed by atoms with E-state index in [-0.39, 0.29) is 0 Å². The number of thioether (sulfide) groups is 1. The van der Waals surface area contributed by atoms with Crippen molar-refractivity contribution >= 4 is 22.6 Å². The van der Waals surface area contributed by atoms with Crippen LogP contribution in [0.1, 0.15) is 16.7 Å². The number of aliphatic hydroxyl groups is 1. The maximum atomic E-state index is 11.5. The molecule has 4 heteroatoms. The van der Waals surface area contributed by atoms with Gasteiger partial charge in [-0.05, 0) is 37.2 Å². The molecule has 118 valence electrons. The van der Waals surface area contributed by atoms with E-state index in [0.29, 0.717) is 6.54 Å². The van der Waals surface area contributed by atoms with Crippen molar-refractivity contribution in [3.8, 4) is 0 Å². The number of amidine groups is 1. The Morgan fingerprint density at radius 1 is 1.09 bits per heavy atom.